The Bertz CT molecular complexity index is 423. The van der Waals surface area contributed by atoms with E-state index in [9.17, 15) is 4.79 Å². The summed E-state index contributed by atoms with van der Waals surface area (Å²) in [4.78, 5) is 9.40. The quantitative estimate of drug-likeness (QED) is 0.505. The van der Waals surface area contributed by atoms with Gasteiger partial charge in [0.1, 0.15) is 11.5 Å². The third-order valence-electron chi connectivity index (χ3n) is 2.07. The van der Waals surface area contributed by atoms with Gasteiger partial charge in [-0.2, -0.15) is 0 Å². The average molecular weight is 255 g/mol. The number of amides is 1. The maximum atomic E-state index is 9.40. The Morgan fingerprint density at radius 3 is 1.74 bits per heavy atom. The standard InChI is InChI=1S/C12H10O.C4H7NO/c1-3-7-11(8-4-1)13-12-9-5-2-6-10-12;1-2-3-5-4-6/h1-10H;2,4H,1,3H2,(H,5,6). The maximum absolute atomic E-state index is 9.40. The van der Waals surface area contributed by atoms with Crippen LogP contribution >= 0.6 is 0 Å². The summed E-state index contributed by atoms with van der Waals surface area (Å²) < 4.78 is 5.58. The first-order valence-corrected chi connectivity index (χ1v) is 5.92. The summed E-state index contributed by atoms with van der Waals surface area (Å²) in [5, 5.41) is 2.40. The summed E-state index contributed by atoms with van der Waals surface area (Å²) in [6.07, 6.45) is 2.26. The van der Waals surface area contributed by atoms with Gasteiger partial charge in [0.2, 0.25) is 6.41 Å². The number of para-hydroxylation sites is 2. The molecule has 0 spiro atoms. The maximum Gasteiger partial charge on any atom is 0.207 e. The first-order chi connectivity index (χ1) is 9.36. The van der Waals surface area contributed by atoms with Crippen molar-refractivity contribution in [3.8, 4) is 11.5 Å². The Labute approximate surface area is 113 Å². The first kappa shape index (κ1) is 14.5. The van der Waals surface area contributed by atoms with Crippen LogP contribution in [0, 0.1) is 0 Å². The zero-order chi connectivity index (χ0) is 13.8. The zero-order valence-corrected chi connectivity index (χ0v) is 10.7. The van der Waals surface area contributed by atoms with Crippen molar-refractivity contribution >= 4 is 6.41 Å². The van der Waals surface area contributed by atoms with Crippen LogP contribution in [0.2, 0.25) is 0 Å². The molecule has 98 valence electrons. The van der Waals surface area contributed by atoms with Crippen LogP contribution in [0.15, 0.2) is 73.3 Å². The molecule has 3 heteroatoms. The number of carbonyl (C=O) groups excluding carboxylic acids is 1. The molecule has 2 aromatic carbocycles. The molecule has 2 rings (SSSR count). The van der Waals surface area contributed by atoms with Gasteiger partial charge in [-0.05, 0) is 24.3 Å². The molecule has 0 aromatic heterocycles. The average Bonchev–Trinajstić information content (AvgIpc) is 2.48. The Morgan fingerprint density at radius 1 is 0.947 bits per heavy atom. The van der Waals surface area contributed by atoms with Crippen LogP contribution in [0.3, 0.4) is 0 Å². The van der Waals surface area contributed by atoms with Crippen LogP contribution in [-0.4, -0.2) is 13.0 Å². The van der Waals surface area contributed by atoms with E-state index in [1.807, 2.05) is 60.7 Å². The van der Waals surface area contributed by atoms with Crippen molar-refractivity contribution in [2.75, 3.05) is 6.54 Å². The lowest BCUT2D eigenvalue weighted by atomic mass is 10.3. The number of benzene rings is 2. The second-order valence-corrected chi connectivity index (χ2v) is 3.54. The van der Waals surface area contributed by atoms with Gasteiger partial charge in [-0.1, -0.05) is 42.5 Å². The number of rotatable bonds is 5. The third-order valence-corrected chi connectivity index (χ3v) is 2.07. The minimum atomic E-state index is 0.559. The topological polar surface area (TPSA) is 38.3 Å². The molecule has 1 amide bonds. The number of carbonyl (C=O) groups is 1. The molecule has 0 fully saturated rings. The second kappa shape index (κ2) is 9.48. The van der Waals surface area contributed by atoms with Crippen molar-refractivity contribution in [3.63, 3.8) is 0 Å². The van der Waals surface area contributed by atoms with Gasteiger partial charge in [-0.25, -0.2) is 0 Å². The molecule has 0 saturated carbocycles. The van der Waals surface area contributed by atoms with Crippen molar-refractivity contribution in [3.05, 3.63) is 73.3 Å². The smallest absolute Gasteiger partial charge is 0.207 e. The van der Waals surface area contributed by atoms with E-state index in [4.69, 9.17) is 4.74 Å². The van der Waals surface area contributed by atoms with Gasteiger partial charge in [0.15, 0.2) is 0 Å². The van der Waals surface area contributed by atoms with Gasteiger partial charge in [0, 0.05) is 6.54 Å². The fraction of sp³-hybridized carbons (Fsp3) is 0.0625. The van der Waals surface area contributed by atoms with E-state index in [2.05, 4.69) is 11.9 Å². The SMILES string of the molecule is C=CCNC=O.c1ccc(Oc2ccccc2)cc1. The summed E-state index contributed by atoms with van der Waals surface area (Å²) in [6.45, 7) is 3.94. The summed E-state index contributed by atoms with van der Waals surface area (Å²) in [5.74, 6) is 1.74. The van der Waals surface area contributed by atoms with Crippen molar-refractivity contribution < 1.29 is 9.53 Å². The predicted octanol–water partition coefficient (Wildman–Crippen LogP) is 3.40. The van der Waals surface area contributed by atoms with Gasteiger partial charge in [-0.15, -0.1) is 6.58 Å². The lowest BCUT2D eigenvalue weighted by molar-refractivity contribution is -0.109. The third kappa shape index (κ3) is 6.68. The molecule has 0 unspecified atom stereocenters. The van der Waals surface area contributed by atoms with E-state index in [0.717, 1.165) is 11.5 Å². The minimum absolute atomic E-state index is 0.559. The van der Waals surface area contributed by atoms with Gasteiger partial charge in [0.25, 0.3) is 0 Å². The molecule has 0 heterocycles. The highest BCUT2D eigenvalue weighted by atomic mass is 16.5. The molecule has 0 aliphatic carbocycles. The highest BCUT2D eigenvalue weighted by molar-refractivity contribution is 5.46. The Kier molecular flexibility index (Phi) is 7.24. The largest absolute Gasteiger partial charge is 0.457 e. The predicted molar refractivity (Wildman–Crippen MR) is 77.2 cm³/mol. The molecule has 19 heavy (non-hydrogen) atoms. The molecular formula is C16H17NO2. The number of hydrogen-bond acceptors (Lipinski definition) is 2. The van der Waals surface area contributed by atoms with Crippen molar-refractivity contribution in [2.24, 2.45) is 0 Å². The molecule has 0 radical (unpaired) electrons. The monoisotopic (exact) mass is 255 g/mol. The summed E-state index contributed by atoms with van der Waals surface area (Å²) in [6, 6.07) is 19.5. The molecule has 2 aromatic rings. The van der Waals surface area contributed by atoms with Gasteiger partial charge < -0.3 is 10.1 Å². The van der Waals surface area contributed by atoms with Crippen LogP contribution in [0.5, 0.6) is 11.5 Å². The summed E-state index contributed by atoms with van der Waals surface area (Å²) in [5.41, 5.74) is 0. The van der Waals surface area contributed by atoms with Crippen LogP contribution in [0.1, 0.15) is 0 Å². The normalized spacial score (nSPS) is 8.63. The van der Waals surface area contributed by atoms with E-state index < -0.39 is 0 Å². The van der Waals surface area contributed by atoms with Gasteiger partial charge in [0.05, 0.1) is 0 Å². The second-order valence-electron chi connectivity index (χ2n) is 3.54. The molecule has 0 aliphatic heterocycles. The molecule has 3 nitrogen and oxygen atoms in total. The van der Waals surface area contributed by atoms with Crippen LogP contribution in [-0.2, 0) is 4.79 Å². The Balaban J connectivity index is 0.000000258. The molecule has 0 atom stereocenters. The van der Waals surface area contributed by atoms with Crippen molar-refractivity contribution in [1.29, 1.82) is 0 Å². The van der Waals surface area contributed by atoms with E-state index >= 15 is 0 Å². The van der Waals surface area contributed by atoms with Crippen LogP contribution < -0.4 is 10.1 Å². The molecular weight excluding hydrogens is 238 g/mol. The lowest BCUT2D eigenvalue weighted by Gasteiger charge is -2.03. The Morgan fingerprint density at radius 2 is 1.42 bits per heavy atom. The molecule has 0 bridgehead atoms. The highest BCUT2D eigenvalue weighted by Crippen LogP contribution is 2.19. The van der Waals surface area contributed by atoms with Gasteiger partial charge in [-0.3, -0.25) is 4.79 Å². The first-order valence-electron chi connectivity index (χ1n) is 5.92. The molecule has 1 N–H and O–H groups in total. The van der Waals surface area contributed by atoms with E-state index in [1.165, 1.54) is 0 Å². The minimum Gasteiger partial charge on any atom is -0.457 e. The van der Waals surface area contributed by atoms with E-state index in [-0.39, 0.29) is 0 Å². The van der Waals surface area contributed by atoms with Crippen LogP contribution in [0.4, 0.5) is 0 Å². The Hall–Kier alpha value is -2.55. The van der Waals surface area contributed by atoms with E-state index in [0.29, 0.717) is 13.0 Å². The fourth-order valence-corrected chi connectivity index (χ4v) is 1.24. The van der Waals surface area contributed by atoms with Crippen molar-refractivity contribution in [2.45, 2.75) is 0 Å². The summed E-state index contributed by atoms with van der Waals surface area (Å²) in [7, 11) is 0. The molecule has 0 saturated heterocycles. The fourth-order valence-electron chi connectivity index (χ4n) is 1.24. The highest BCUT2D eigenvalue weighted by Gasteiger charge is 1.92. The van der Waals surface area contributed by atoms with Crippen molar-refractivity contribution in [1.82, 2.24) is 5.32 Å². The number of nitrogens with one attached hydrogen (secondary N) is 1. The zero-order valence-electron chi connectivity index (χ0n) is 10.7. The summed E-state index contributed by atoms with van der Waals surface area (Å²) >= 11 is 0. The number of ether oxygens (including phenoxy) is 1. The number of hydrogen-bond donors (Lipinski definition) is 1. The van der Waals surface area contributed by atoms with E-state index in [1.54, 1.807) is 6.08 Å². The lowest BCUT2D eigenvalue weighted by Crippen LogP contribution is -2.08. The van der Waals surface area contributed by atoms with Gasteiger partial charge >= 0.3 is 0 Å². The molecule has 0 aliphatic rings. The van der Waals surface area contributed by atoms with Crippen LogP contribution in [0.25, 0.3) is 0 Å².